The number of nitrogens with one attached hydrogen (secondary N) is 2. The number of fused-ring (bicyclic) bond motifs is 1. The molecule has 0 aromatic carbocycles. The summed E-state index contributed by atoms with van der Waals surface area (Å²) < 4.78 is 1.53. The van der Waals surface area contributed by atoms with Crippen molar-refractivity contribution in [3.8, 4) is 0 Å². The molecule has 0 saturated carbocycles. The molecule has 3 aromatic rings. The quantitative estimate of drug-likeness (QED) is 0.753. The van der Waals surface area contributed by atoms with Crippen LogP contribution in [0, 0.1) is 0 Å². The van der Waals surface area contributed by atoms with Crippen molar-refractivity contribution in [2.45, 2.75) is 20.0 Å². The topological polar surface area (TPSA) is 92.7 Å². The molecule has 0 aliphatic carbocycles. The molecule has 112 valence electrons. The van der Waals surface area contributed by atoms with Crippen molar-refractivity contribution in [2.24, 2.45) is 0 Å². The lowest BCUT2D eigenvalue weighted by Crippen LogP contribution is -2.26. The second-order valence-corrected chi connectivity index (χ2v) is 4.80. The van der Waals surface area contributed by atoms with E-state index in [-0.39, 0.29) is 18.0 Å². The number of aromatic amines is 1. The minimum Gasteiger partial charge on any atom is -0.346 e. The second kappa shape index (κ2) is 5.80. The highest BCUT2D eigenvalue weighted by Crippen LogP contribution is 2.12. The van der Waals surface area contributed by atoms with Crippen LogP contribution in [0.1, 0.15) is 23.0 Å². The molecule has 0 bridgehead atoms. The number of aryl methyl sites for hydroxylation is 1. The summed E-state index contributed by atoms with van der Waals surface area (Å²) in [5.41, 5.74) is 1.54. The Hall–Kier alpha value is -2.96. The Balaban J connectivity index is 1.75. The van der Waals surface area contributed by atoms with Gasteiger partial charge in [-0.15, -0.1) is 0 Å². The van der Waals surface area contributed by atoms with Crippen LogP contribution < -0.4 is 10.9 Å². The molecule has 1 amide bonds. The van der Waals surface area contributed by atoms with Gasteiger partial charge in [0.1, 0.15) is 0 Å². The predicted octanol–water partition coefficient (Wildman–Crippen LogP) is 1.07. The molecule has 22 heavy (non-hydrogen) atoms. The van der Waals surface area contributed by atoms with E-state index in [0.717, 1.165) is 11.1 Å². The smallest absolute Gasteiger partial charge is 0.251 e. The summed E-state index contributed by atoms with van der Waals surface area (Å²) in [7, 11) is 0. The van der Waals surface area contributed by atoms with Gasteiger partial charge in [0.05, 0.1) is 12.2 Å². The Kier molecular flexibility index (Phi) is 3.69. The third-order valence-corrected chi connectivity index (χ3v) is 3.43. The fourth-order valence-corrected chi connectivity index (χ4v) is 2.22. The van der Waals surface area contributed by atoms with Gasteiger partial charge in [-0.05, 0) is 25.1 Å². The zero-order valence-electron chi connectivity index (χ0n) is 12.0. The van der Waals surface area contributed by atoms with Gasteiger partial charge in [-0.25, -0.2) is 4.98 Å². The molecule has 7 heteroatoms. The minimum atomic E-state index is -0.299. The van der Waals surface area contributed by atoms with Crippen molar-refractivity contribution >= 4 is 16.9 Å². The molecule has 3 aromatic heterocycles. The molecular weight excluding hydrogens is 282 g/mol. The first kappa shape index (κ1) is 14.0. The highest BCUT2D eigenvalue weighted by Gasteiger charge is 2.10. The van der Waals surface area contributed by atoms with Crippen LogP contribution >= 0.6 is 0 Å². The fourth-order valence-electron chi connectivity index (χ4n) is 2.22. The molecule has 3 heterocycles. The van der Waals surface area contributed by atoms with Gasteiger partial charge in [-0.3, -0.25) is 14.7 Å². The normalized spacial score (nSPS) is 10.8. The second-order valence-electron chi connectivity index (χ2n) is 4.80. The largest absolute Gasteiger partial charge is 0.346 e. The average molecular weight is 297 g/mol. The molecule has 0 spiro atoms. The number of rotatable bonds is 4. The van der Waals surface area contributed by atoms with Gasteiger partial charge in [0.2, 0.25) is 0 Å². The summed E-state index contributed by atoms with van der Waals surface area (Å²) in [5, 5.41) is 10.6. The first-order valence-electron chi connectivity index (χ1n) is 6.95. The lowest BCUT2D eigenvalue weighted by molar-refractivity contribution is 0.0950. The summed E-state index contributed by atoms with van der Waals surface area (Å²) >= 11 is 0. The maximum atomic E-state index is 12.1. The van der Waals surface area contributed by atoms with Crippen LogP contribution in [0.4, 0.5) is 0 Å². The zero-order valence-corrected chi connectivity index (χ0v) is 12.0. The predicted molar refractivity (Wildman–Crippen MR) is 81.4 cm³/mol. The Bertz CT molecular complexity index is 881. The highest BCUT2D eigenvalue weighted by atomic mass is 16.2. The first-order valence-corrected chi connectivity index (χ1v) is 6.95. The van der Waals surface area contributed by atoms with Crippen molar-refractivity contribution < 1.29 is 4.79 Å². The van der Waals surface area contributed by atoms with Crippen LogP contribution in [0.15, 0.2) is 41.5 Å². The van der Waals surface area contributed by atoms with E-state index in [4.69, 9.17) is 0 Å². The molecule has 0 atom stereocenters. The molecule has 0 unspecified atom stereocenters. The van der Waals surface area contributed by atoms with Crippen molar-refractivity contribution in [3.63, 3.8) is 0 Å². The van der Waals surface area contributed by atoms with Gasteiger partial charge in [-0.1, -0.05) is 0 Å². The van der Waals surface area contributed by atoms with E-state index >= 15 is 0 Å². The third kappa shape index (κ3) is 2.60. The third-order valence-electron chi connectivity index (χ3n) is 3.43. The Morgan fingerprint density at radius 3 is 3.05 bits per heavy atom. The van der Waals surface area contributed by atoms with E-state index in [9.17, 15) is 9.59 Å². The summed E-state index contributed by atoms with van der Waals surface area (Å²) in [6, 6.07) is 6.67. The van der Waals surface area contributed by atoms with E-state index in [1.54, 1.807) is 18.5 Å². The summed E-state index contributed by atoms with van der Waals surface area (Å²) in [5.74, 6) is -0.299. The van der Waals surface area contributed by atoms with Crippen molar-refractivity contribution in [1.82, 2.24) is 25.1 Å². The number of H-pyrrole nitrogens is 1. The molecular formula is C15H15N5O2. The summed E-state index contributed by atoms with van der Waals surface area (Å²) in [6.45, 7) is 2.74. The van der Waals surface area contributed by atoms with E-state index in [1.807, 2.05) is 19.1 Å². The van der Waals surface area contributed by atoms with Gasteiger partial charge in [-0.2, -0.15) is 5.10 Å². The van der Waals surface area contributed by atoms with Crippen LogP contribution in [0.2, 0.25) is 0 Å². The molecule has 7 nitrogen and oxygen atoms in total. The molecule has 0 aliphatic rings. The highest BCUT2D eigenvalue weighted by molar-refractivity contribution is 5.94. The van der Waals surface area contributed by atoms with Crippen LogP contribution in [0.25, 0.3) is 11.0 Å². The monoisotopic (exact) mass is 297 g/mol. The number of nitrogens with zero attached hydrogens (tertiary/aromatic N) is 3. The molecule has 0 aliphatic heterocycles. The van der Waals surface area contributed by atoms with Gasteiger partial charge in [0.15, 0.2) is 5.65 Å². The van der Waals surface area contributed by atoms with Gasteiger partial charge >= 0.3 is 0 Å². The van der Waals surface area contributed by atoms with Crippen LogP contribution in [0.3, 0.4) is 0 Å². The van der Waals surface area contributed by atoms with Gasteiger partial charge in [0.25, 0.3) is 11.5 Å². The Labute approximate surface area is 126 Å². The Morgan fingerprint density at radius 1 is 1.41 bits per heavy atom. The maximum Gasteiger partial charge on any atom is 0.251 e. The lowest BCUT2D eigenvalue weighted by atomic mass is 10.2. The minimum absolute atomic E-state index is 0.189. The summed E-state index contributed by atoms with van der Waals surface area (Å²) in [6.07, 6.45) is 3.28. The van der Waals surface area contributed by atoms with Crippen LogP contribution in [-0.4, -0.2) is 25.7 Å². The van der Waals surface area contributed by atoms with Crippen LogP contribution in [0.5, 0.6) is 0 Å². The number of hydrogen-bond donors (Lipinski definition) is 2. The van der Waals surface area contributed by atoms with Crippen molar-refractivity contribution in [1.29, 1.82) is 0 Å². The standard InChI is InChI=1S/C15H15N5O2/c1-2-20-7-5-10(8-13(20)21)15(22)17-9-12-11-4-3-6-16-14(11)19-18-12/h3-8H,2,9H2,1H3,(H,17,22)(H,16,18,19). The number of pyridine rings is 2. The van der Waals surface area contributed by atoms with Gasteiger partial charge < -0.3 is 9.88 Å². The number of hydrogen-bond acceptors (Lipinski definition) is 4. The molecule has 0 saturated heterocycles. The Morgan fingerprint density at radius 2 is 2.27 bits per heavy atom. The van der Waals surface area contributed by atoms with Crippen LogP contribution in [-0.2, 0) is 13.1 Å². The van der Waals surface area contributed by atoms with E-state index in [2.05, 4.69) is 20.5 Å². The molecule has 0 fully saturated rings. The van der Waals surface area contributed by atoms with E-state index < -0.39 is 0 Å². The molecule has 0 radical (unpaired) electrons. The molecule has 3 rings (SSSR count). The summed E-state index contributed by atoms with van der Waals surface area (Å²) in [4.78, 5) is 28.0. The van der Waals surface area contributed by atoms with Gasteiger partial charge in [0, 0.05) is 36.0 Å². The maximum absolute atomic E-state index is 12.1. The number of carbonyl (C=O) groups is 1. The van der Waals surface area contributed by atoms with Crippen molar-refractivity contribution in [2.75, 3.05) is 0 Å². The first-order chi connectivity index (χ1) is 10.7. The van der Waals surface area contributed by atoms with E-state index in [0.29, 0.717) is 17.8 Å². The molecule has 2 N–H and O–H groups in total. The van der Waals surface area contributed by atoms with E-state index in [1.165, 1.54) is 10.6 Å². The lowest BCUT2D eigenvalue weighted by Gasteiger charge is -2.06. The van der Waals surface area contributed by atoms with Crippen molar-refractivity contribution in [3.05, 3.63) is 58.3 Å². The average Bonchev–Trinajstić information content (AvgIpc) is 2.95. The number of aromatic nitrogens is 4. The SMILES string of the molecule is CCn1ccc(C(=O)NCc2[nH]nc3ncccc23)cc1=O. The zero-order chi connectivity index (χ0) is 15.5. The number of carbonyl (C=O) groups excluding carboxylic acids is 1. The fraction of sp³-hybridized carbons (Fsp3) is 0.200. The number of amides is 1.